The Hall–Kier alpha value is -4.01. The van der Waals surface area contributed by atoms with Crippen molar-refractivity contribution in [3.05, 3.63) is 106 Å². The Morgan fingerprint density at radius 2 is 1.73 bits per heavy atom. The first-order valence-electron chi connectivity index (χ1n) is 13.8. The van der Waals surface area contributed by atoms with Gasteiger partial charge in [-0.1, -0.05) is 23.8 Å². The number of hydrogen-bond donors (Lipinski definition) is 2. The number of thiocarbonyl (C=S) groups is 1. The number of amides is 1. The zero-order valence-electron chi connectivity index (χ0n) is 24.7. The van der Waals surface area contributed by atoms with Gasteiger partial charge in [0.2, 0.25) is 5.91 Å². The highest BCUT2D eigenvalue weighted by Crippen LogP contribution is 2.44. The van der Waals surface area contributed by atoms with Crippen molar-refractivity contribution in [3.8, 4) is 5.69 Å². The van der Waals surface area contributed by atoms with Crippen LogP contribution in [-0.2, 0) is 9.53 Å². The number of pyridine rings is 1. The number of methoxy groups -OCH3 is 1. The number of benzene rings is 2. The summed E-state index contributed by atoms with van der Waals surface area (Å²) >= 11 is 5.98. The molecule has 3 heterocycles. The molecule has 0 bridgehead atoms. The van der Waals surface area contributed by atoms with E-state index in [1.54, 1.807) is 0 Å². The Morgan fingerprint density at radius 3 is 2.37 bits per heavy atom. The number of carbonyl (C=O) groups excluding carboxylic acids is 1. The number of hydrogen-bond acceptors (Lipinski definition) is 4. The smallest absolute Gasteiger partial charge is 0.250 e. The summed E-state index contributed by atoms with van der Waals surface area (Å²) in [5.74, 6) is -0.191. The second-order valence-electron chi connectivity index (χ2n) is 10.9. The van der Waals surface area contributed by atoms with Crippen molar-refractivity contribution in [1.82, 2.24) is 14.9 Å². The van der Waals surface area contributed by atoms with E-state index in [9.17, 15) is 4.79 Å². The summed E-state index contributed by atoms with van der Waals surface area (Å²) in [5.41, 5.74) is 12.0. The van der Waals surface area contributed by atoms with Crippen LogP contribution < -0.4 is 15.5 Å². The molecule has 8 heteroatoms. The van der Waals surface area contributed by atoms with Crippen LogP contribution in [0.3, 0.4) is 0 Å². The number of anilines is 2. The molecule has 2 N–H and O–H groups in total. The van der Waals surface area contributed by atoms with E-state index in [-0.39, 0.29) is 24.6 Å². The topological polar surface area (TPSA) is 71.4 Å². The van der Waals surface area contributed by atoms with Gasteiger partial charge in [-0.2, -0.15) is 0 Å². The van der Waals surface area contributed by atoms with Crippen LogP contribution in [0.15, 0.2) is 60.8 Å². The average molecular weight is 568 g/mol. The number of ether oxygens (including phenoxy) is 1. The van der Waals surface area contributed by atoms with Crippen molar-refractivity contribution in [2.24, 2.45) is 0 Å². The summed E-state index contributed by atoms with van der Waals surface area (Å²) in [4.78, 5) is 19.1. The van der Waals surface area contributed by atoms with Crippen LogP contribution >= 0.6 is 12.2 Å². The molecule has 1 fully saturated rings. The van der Waals surface area contributed by atoms with E-state index in [4.69, 9.17) is 21.9 Å². The highest BCUT2D eigenvalue weighted by molar-refractivity contribution is 7.80. The minimum atomic E-state index is -0.191. The number of rotatable bonds is 7. The van der Waals surface area contributed by atoms with E-state index < -0.39 is 0 Å². The molecule has 2 atom stereocenters. The van der Waals surface area contributed by atoms with Crippen LogP contribution in [0.1, 0.15) is 57.0 Å². The van der Waals surface area contributed by atoms with Gasteiger partial charge in [-0.3, -0.25) is 9.78 Å². The molecule has 0 radical (unpaired) electrons. The Morgan fingerprint density at radius 1 is 1.00 bits per heavy atom. The van der Waals surface area contributed by atoms with Gasteiger partial charge < -0.3 is 24.8 Å². The molecule has 4 aromatic rings. The van der Waals surface area contributed by atoms with E-state index in [1.165, 1.54) is 40.7 Å². The molecule has 2 aromatic carbocycles. The summed E-state index contributed by atoms with van der Waals surface area (Å²) in [6, 6.07) is 18.5. The van der Waals surface area contributed by atoms with Crippen LogP contribution in [-0.4, -0.2) is 34.3 Å². The molecule has 0 unspecified atom stereocenters. The zero-order chi connectivity index (χ0) is 29.4. The largest absolute Gasteiger partial charge is 0.375 e. The van der Waals surface area contributed by atoms with Crippen LogP contribution in [0.4, 0.5) is 11.4 Å². The number of carbonyl (C=O) groups is 1. The average Bonchev–Trinajstić information content (AvgIpc) is 3.41. The van der Waals surface area contributed by atoms with Gasteiger partial charge in [0.1, 0.15) is 6.61 Å². The molecule has 41 heavy (non-hydrogen) atoms. The van der Waals surface area contributed by atoms with E-state index in [1.807, 2.05) is 43.5 Å². The van der Waals surface area contributed by atoms with Gasteiger partial charge in [0.25, 0.3) is 0 Å². The molecule has 5 rings (SSSR count). The lowest BCUT2D eigenvalue weighted by Gasteiger charge is -2.29. The summed E-state index contributed by atoms with van der Waals surface area (Å²) in [7, 11) is 1.51. The van der Waals surface area contributed by atoms with E-state index >= 15 is 0 Å². The fourth-order valence-corrected chi connectivity index (χ4v) is 6.51. The lowest BCUT2D eigenvalue weighted by atomic mass is 9.96. The van der Waals surface area contributed by atoms with Crippen molar-refractivity contribution in [2.75, 3.05) is 23.9 Å². The molecule has 0 aliphatic carbocycles. The quantitative estimate of drug-likeness (QED) is 0.249. The predicted octanol–water partition coefficient (Wildman–Crippen LogP) is 6.48. The number of aryl methyl sites for hydroxylation is 5. The van der Waals surface area contributed by atoms with Crippen molar-refractivity contribution >= 4 is 34.6 Å². The van der Waals surface area contributed by atoms with Crippen LogP contribution in [0.25, 0.3) is 5.69 Å². The predicted molar refractivity (Wildman–Crippen MR) is 169 cm³/mol. The molecule has 0 spiro atoms. The third kappa shape index (κ3) is 5.37. The Balaban J connectivity index is 1.64. The fraction of sp³-hybridized carbons (Fsp3) is 0.303. The lowest BCUT2D eigenvalue weighted by molar-refractivity contribution is -0.119. The van der Waals surface area contributed by atoms with Crippen molar-refractivity contribution in [1.29, 1.82) is 0 Å². The molecule has 2 aromatic heterocycles. The van der Waals surface area contributed by atoms with Crippen molar-refractivity contribution in [2.45, 2.75) is 53.6 Å². The first-order valence-corrected chi connectivity index (χ1v) is 14.2. The maximum atomic E-state index is 12.2. The van der Waals surface area contributed by atoms with Crippen molar-refractivity contribution in [3.63, 3.8) is 0 Å². The van der Waals surface area contributed by atoms with Gasteiger partial charge in [0.15, 0.2) is 5.11 Å². The molecule has 1 aliphatic heterocycles. The first-order chi connectivity index (χ1) is 19.6. The van der Waals surface area contributed by atoms with Gasteiger partial charge >= 0.3 is 0 Å². The maximum absolute atomic E-state index is 12.2. The molecule has 1 amide bonds. The van der Waals surface area contributed by atoms with Crippen molar-refractivity contribution < 1.29 is 9.53 Å². The number of aromatic nitrogens is 2. The summed E-state index contributed by atoms with van der Waals surface area (Å²) < 4.78 is 7.34. The third-order valence-corrected chi connectivity index (χ3v) is 8.10. The van der Waals surface area contributed by atoms with Crippen LogP contribution in [0.2, 0.25) is 0 Å². The minimum Gasteiger partial charge on any atom is -0.375 e. The first kappa shape index (κ1) is 28.5. The minimum absolute atomic E-state index is 0.00466. The molecule has 1 saturated heterocycles. The van der Waals surface area contributed by atoms with Gasteiger partial charge in [0.05, 0.1) is 23.5 Å². The van der Waals surface area contributed by atoms with Gasteiger partial charge in [-0.05, 0) is 112 Å². The van der Waals surface area contributed by atoms with E-state index in [0.717, 1.165) is 28.3 Å². The molecule has 212 valence electrons. The highest BCUT2D eigenvalue weighted by atomic mass is 32.1. The summed E-state index contributed by atoms with van der Waals surface area (Å²) in [6.45, 7) is 12.8. The Labute approximate surface area is 247 Å². The van der Waals surface area contributed by atoms with Gasteiger partial charge in [0, 0.05) is 36.1 Å². The fourth-order valence-electron chi connectivity index (χ4n) is 6.16. The second kappa shape index (κ2) is 11.5. The van der Waals surface area contributed by atoms with Crippen LogP contribution in [0, 0.1) is 41.5 Å². The van der Waals surface area contributed by atoms with Gasteiger partial charge in [-0.25, -0.2) is 0 Å². The monoisotopic (exact) mass is 567 g/mol. The molecular weight excluding hydrogens is 530 g/mol. The van der Waals surface area contributed by atoms with E-state index in [0.29, 0.717) is 5.11 Å². The summed E-state index contributed by atoms with van der Waals surface area (Å²) in [6.07, 6.45) is 1.82. The number of nitrogens with one attached hydrogen (secondary N) is 2. The Kier molecular flexibility index (Phi) is 7.98. The third-order valence-electron chi connectivity index (χ3n) is 7.78. The lowest BCUT2D eigenvalue weighted by Crippen LogP contribution is -2.29. The molecule has 1 aliphatic rings. The Bertz CT molecular complexity index is 1610. The molecule has 7 nitrogen and oxygen atoms in total. The maximum Gasteiger partial charge on any atom is 0.250 e. The van der Waals surface area contributed by atoms with Crippen LogP contribution in [0.5, 0.6) is 0 Å². The van der Waals surface area contributed by atoms with E-state index in [2.05, 4.69) is 79.0 Å². The van der Waals surface area contributed by atoms with Gasteiger partial charge in [-0.15, -0.1) is 0 Å². The standard InChI is InChI=1S/C33H37N5O2S/c1-19-14-21(3)31(22(4)15-19)37-23(5)17-26(24(37)6)32-30(28-10-8-9-13-34-28)36-33(41)38(32)25-11-12-27(20(2)16-25)35-29(39)18-40-7/h8-17,30,32H,18H2,1-7H3,(H,35,39)(H,36,41)/t30-,32+/m0/s1. The summed E-state index contributed by atoms with van der Waals surface area (Å²) in [5, 5.41) is 7.13. The zero-order valence-corrected chi connectivity index (χ0v) is 25.5. The molecule has 0 saturated carbocycles. The highest BCUT2D eigenvalue weighted by Gasteiger charge is 2.42. The SMILES string of the molecule is COCC(=O)Nc1ccc(N2C(=S)N[C@@H](c3ccccn3)[C@H]2c2cc(C)n(-c3c(C)cc(C)cc3C)c2C)cc1C. The number of nitrogens with zero attached hydrogens (tertiary/aromatic N) is 3. The normalized spacial score (nSPS) is 16.7. The second-order valence-corrected chi connectivity index (χ2v) is 11.3. The molecular formula is C33H37N5O2S.